The number of rotatable bonds is 1. The topological polar surface area (TPSA) is 87.0 Å². The maximum atomic E-state index is 13.6. The molecule has 0 bridgehead atoms. The highest BCUT2D eigenvalue weighted by molar-refractivity contribution is 7.98. The fraction of sp³-hybridized carbons (Fsp3) is 0.308. The van der Waals surface area contributed by atoms with Crippen LogP contribution in [-0.2, 0) is 16.9 Å². The van der Waals surface area contributed by atoms with Crippen molar-refractivity contribution in [2.24, 2.45) is 0 Å². The van der Waals surface area contributed by atoms with Crippen molar-refractivity contribution in [1.29, 1.82) is 0 Å². The molecule has 2 N–H and O–H groups in total. The summed E-state index contributed by atoms with van der Waals surface area (Å²) in [6.45, 7) is 2.22. The summed E-state index contributed by atoms with van der Waals surface area (Å²) in [5, 5.41) is 10.7. The highest BCUT2D eigenvalue weighted by Gasteiger charge is 2.44. The van der Waals surface area contributed by atoms with Gasteiger partial charge in [-0.1, -0.05) is 36.4 Å². The third kappa shape index (κ3) is 3.22. The molecule has 2 aromatic carbocycles. The Kier molecular flexibility index (Phi) is 4.74. The SMILES string of the molecule is O=C1c2c(O)c(=O)cc(-c3cccc4c3Cc3ccccc3SC4)n2N[C@@H]2CN3COCC3CN12. The average molecular weight is 489 g/mol. The quantitative estimate of drug-likeness (QED) is 0.544. The molecule has 1 aromatic heterocycles. The molecule has 9 heteroatoms. The molecule has 2 fully saturated rings. The van der Waals surface area contributed by atoms with E-state index in [0.717, 1.165) is 23.3 Å². The first kappa shape index (κ1) is 21.0. The molecule has 35 heavy (non-hydrogen) atoms. The highest BCUT2D eigenvalue weighted by Crippen LogP contribution is 2.39. The summed E-state index contributed by atoms with van der Waals surface area (Å²) in [5.74, 6) is -0.0218. The van der Waals surface area contributed by atoms with Crippen molar-refractivity contribution in [1.82, 2.24) is 14.5 Å². The van der Waals surface area contributed by atoms with E-state index in [1.165, 1.54) is 22.1 Å². The number of pyridine rings is 1. The Bertz CT molecular complexity index is 1440. The van der Waals surface area contributed by atoms with E-state index in [1.54, 1.807) is 9.58 Å². The van der Waals surface area contributed by atoms with Crippen molar-refractivity contribution in [3.63, 3.8) is 0 Å². The van der Waals surface area contributed by atoms with Crippen LogP contribution in [0.3, 0.4) is 0 Å². The molecule has 2 atom stereocenters. The molecule has 0 spiro atoms. The minimum Gasteiger partial charge on any atom is -0.502 e. The zero-order valence-corrected chi connectivity index (χ0v) is 19.8. The van der Waals surface area contributed by atoms with Crippen LogP contribution < -0.4 is 10.9 Å². The zero-order valence-electron chi connectivity index (χ0n) is 18.9. The number of thioether (sulfide) groups is 1. The van der Waals surface area contributed by atoms with Crippen LogP contribution in [0.15, 0.2) is 58.2 Å². The first-order valence-corrected chi connectivity index (χ1v) is 12.8. The molecule has 4 aliphatic heterocycles. The number of carbonyl (C=O) groups is 1. The second kappa shape index (κ2) is 7.87. The molecule has 3 aromatic rings. The summed E-state index contributed by atoms with van der Waals surface area (Å²) in [4.78, 5) is 31.7. The number of nitrogens with zero attached hydrogens (tertiary/aromatic N) is 3. The highest BCUT2D eigenvalue weighted by atomic mass is 32.2. The van der Waals surface area contributed by atoms with Crippen molar-refractivity contribution in [3.8, 4) is 17.0 Å². The number of aromatic hydroxyl groups is 1. The minimum atomic E-state index is -0.552. The Morgan fingerprint density at radius 1 is 1.06 bits per heavy atom. The fourth-order valence-electron chi connectivity index (χ4n) is 5.67. The van der Waals surface area contributed by atoms with Gasteiger partial charge in [-0.3, -0.25) is 14.5 Å². The van der Waals surface area contributed by atoms with Crippen LogP contribution in [0, 0.1) is 0 Å². The standard InChI is InChI=1S/C26H24N4O4S/c31-21-9-20(18-6-3-5-16-13-35-22-7-2-1-4-15(22)8-19(16)18)30-24(25(21)32)26(33)29-10-17-12-34-14-28(17)11-23(29)27-30/h1-7,9,17,23,27,32H,8,10-14H2/t17?,23-/m0/s1. The van der Waals surface area contributed by atoms with Gasteiger partial charge in [0.25, 0.3) is 5.91 Å². The fourth-order valence-corrected chi connectivity index (χ4v) is 6.75. The van der Waals surface area contributed by atoms with Crippen molar-refractivity contribution in [3.05, 3.63) is 81.1 Å². The van der Waals surface area contributed by atoms with Crippen molar-refractivity contribution >= 4 is 17.7 Å². The lowest BCUT2D eigenvalue weighted by atomic mass is 9.93. The van der Waals surface area contributed by atoms with E-state index >= 15 is 0 Å². The van der Waals surface area contributed by atoms with Gasteiger partial charge in [0.1, 0.15) is 6.17 Å². The molecule has 0 radical (unpaired) electrons. The third-order valence-corrected chi connectivity index (χ3v) is 8.64. The Hall–Kier alpha value is -3.27. The van der Waals surface area contributed by atoms with E-state index in [0.29, 0.717) is 32.1 Å². The Labute approximate surface area is 206 Å². The van der Waals surface area contributed by atoms with Gasteiger partial charge in [0.2, 0.25) is 5.43 Å². The van der Waals surface area contributed by atoms with Gasteiger partial charge in [-0.15, -0.1) is 11.8 Å². The predicted molar refractivity (Wildman–Crippen MR) is 132 cm³/mol. The van der Waals surface area contributed by atoms with Crippen molar-refractivity contribution < 1.29 is 14.6 Å². The number of nitrogens with one attached hydrogen (secondary N) is 1. The molecule has 0 aliphatic carbocycles. The molecule has 0 saturated carbocycles. The van der Waals surface area contributed by atoms with E-state index in [4.69, 9.17) is 4.74 Å². The summed E-state index contributed by atoms with van der Waals surface area (Å²) < 4.78 is 7.24. The zero-order chi connectivity index (χ0) is 23.7. The Morgan fingerprint density at radius 2 is 1.91 bits per heavy atom. The first-order valence-electron chi connectivity index (χ1n) is 11.8. The van der Waals surface area contributed by atoms with Gasteiger partial charge in [0.05, 0.1) is 25.1 Å². The second-order valence-corrected chi connectivity index (χ2v) is 10.5. The van der Waals surface area contributed by atoms with Gasteiger partial charge in [0, 0.05) is 35.4 Å². The van der Waals surface area contributed by atoms with Gasteiger partial charge in [0.15, 0.2) is 11.4 Å². The van der Waals surface area contributed by atoms with Crippen LogP contribution >= 0.6 is 11.8 Å². The summed E-state index contributed by atoms with van der Waals surface area (Å²) in [7, 11) is 0. The van der Waals surface area contributed by atoms with Gasteiger partial charge in [-0.05, 0) is 29.2 Å². The maximum Gasteiger partial charge on any atom is 0.278 e. The first-order chi connectivity index (χ1) is 17.1. The number of ether oxygens (including phenoxy) is 1. The molecule has 1 unspecified atom stereocenters. The molecule has 2 saturated heterocycles. The van der Waals surface area contributed by atoms with Crippen LogP contribution in [0.4, 0.5) is 0 Å². The van der Waals surface area contributed by atoms with E-state index < -0.39 is 11.2 Å². The van der Waals surface area contributed by atoms with Crippen LogP contribution in [0.5, 0.6) is 5.75 Å². The van der Waals surface area contributed by atoms with E-state index in [9.17, 15) is 14.7 Å². The molecule has 4 aliphatic rings. The van der Waals surface area contributed by atoms with Crippen LogP contribution in [0.1, 0.15) is 27.2 Å². The van der Waals surface area contributed by atoms with Crippen molar-refractivity contribution in [2.75, 3.05) is 31.9 Å². The monoisotopic (exact) mass is 488 g/mol. The number of benzene rings is 2. The normalized spacial score (nSPS) is 22.9. The number of fused-ring (bicyclic) bond motifs is 5. The number of amides is 1. The van der Waals surface area contributed by atoms with Crippen LogP contribution in [0.2, 0.25) is 0 Å². The smallest absolute Gasteiger partial charge is 0.278 e. The lowest BCUT2D eigenvalue weighted by Gasteiger charge is -2.46. The van der Waals surface area contributed by atoms with Crippen molar-refractivity contribution in [2.45, 2.75) is 29.3 Å². The summed E-state index contributed by atoms with van der Waals surface area (Å²) in [5.41, 5.74) is 7.96. The Balaban J connectivity index is 1.39. The van der Waals surface area contributed by atoms with E-state index in [2.05, 4.69) is 34.6 Å². The predicted octanol–water partition coefficient (Wildman–Crippen LogP) is 2.41. The average Bonchev–Trinajstić information content (AvgIpc) is 3.23. The Morgan fingerprint density at radius 3 is 2.83 bits per heavy atom. The number of aromatic nitrogens is 1. The molecule has 7 rings (SSSR count). The lowest BCUT2D eigenvalue weighted by Crippen LogP contribution is -2.65. The van der Waals surface area contributed by atoms with Crippen LogP contribution in [0.25, 0.3) is 11.3 Å². The lowest BCUT2D eigenvalue weighted by molar-refractivity contribution is 0.0303. The molecule has 1 amide bonds. The molecule has 178 valence electrons. The minimum absolute atomic E-state index is 0.00267. The number of hydrogen-bond donors (Lipinski definition) is 2. The summed E-state index contributed by atoms with van der Waals surface area (Å²) in [6.07, 6.45) is 0.447. The van der Waals surface area contributed by atoms with Gasteiger partial charge in [-0.2, -0.15) is 0 Å². The summed E-state index contributed by atoms with van der Waals surface area (Å²) >= 11 is 1.81. The summed E-state index contributed by atoms with van der Waals surface area (Å²) in [6, 6.07) is 16.1. The second-order valence-electron chi connectivity index (χ2n) is 9.47. The van der Waals surface area contributed by atoms with E-state index in [1.807, 2.05) is 30.0 Å². The number of carbonyl (C=O) groups excluding carboxylic acids is 1. The molecule has 5 heterocycles. The van der Waals surface area contributed by atoms with E-state index in [-0.39, 0.29) is 23.8 Å². The molecular weight excluding hydrogens is 464 g/mol. The molecular formula is C26H24N4O4S. The van der Waals surface area contributed by atoms with Crippen LogP contribution in [-0.4, -0.2) is 64.1 Å². The van der Waals surface area contributed by atoms with Gasteiger partial charge >= 0.3 is 0 Å². The third-order valence-electron chi connectivity index (χ3n) is 7.48. The largest absolute Gasteiger partial charge is 0.502 e. The molecule has 8 nitrogen and oxygen atoms in total. The van der Waals surface area contributed by atoms with Gasteiger partial charge in [-0.25, -0.2) is 4.68 Å². The van der Waals surface area contributed by atoms with Gasteiger partial charge < -0.3 is 20.2 Å². The maximum absolute atomic E-state index is 13.6. The number of hydrogen-bond acceptors (Lipinski definition) is 7. The number of piperazine rings is 1.